The van der Waals surface area contributed by atoms with Gasteiger partial charge in [-0.05, 0) is 66.9 Å². The number of allylic oxidation sites excluding steroid dienone is 4. The lowest BCUT2D eigenvalue weighted by molar-refractivity contribution is -0.161. The highest BCUT2D eigenvalue weighted by Crippen LogP contribution is 2.66. The quantitative estimate of drug-likeness (QED) is 0.807. The Hall–Kier alpha value is -1.26. The van der Waals surface area contributed by atoms with E-state index in [0.29, 0.717) is 24.7 Å². The van der Waals surface area contributed by atoms with Gasteiger partial charge in [-0.25, -0.2) is 0 Å². The van der Waals surface area contributed by atoms with Crippen LogP contribution in [0.3, 0.4) is 0 Å². The lowest BCUT2D eigenvalue weighted by Crippen LogP contribution is -2.57. The van der Waals surface area contributed by atoms with E-state index in [2.05, 4.69) is 19.1 Å². The summed E-state index contributed by atoms with van der Waals surface area (Å²) in [5.41, 5.74) is -0.685. The number of carbonyl (C=O) groups excluding carboxylic acids is 2. The second-order valence-electron chi connectivity index (χ2n) is 9.07. The number of hydrogen-bond donors (Lipinski definition) is 2. The molecule has 4 aliphatic carbocycles. The fourth-order valence-corrected chi connectivity index (χ4v) is 6.60. The largest absolute Gasteiger partial charge is 0.388 e. The highest BCUT2D eigenvalue weighted by molar-refractivity contribution is 5.92. The Bertz CT molecular complexity index is 692. The van der Waals surface area contributed by atoms with E-state index in [9.17, 15) is 19.8 Å². The van der Waals surface area contributed by atoms with Gasteiger partial charge in [0.2, 0.25) is 0 Å². The molecule has 0 amide bonds. The topological polar surface area (TPSA) is 74.6 Å². The van der Waals surface area contributed by atoms with E-state index in [4.69, 9.17) is 0 Å². The maximum absolute atomic E-state index is 12.3. The molecule has 4 rings (SSSR count). The molecule has 25 heavy (non-hydrogen) atoms. The number of carbonyl (C=O) groups is 2. The first kappa shape index (κ1) is 17.2. The normalized spacial score (nSPS) is 48.4. The molecular formula is C21H28O4. The van der Waals surface area contributed by atoms with Gasteiger partial charge in [-0.1, -0.05) is 26.0 Å². The standard InChI is InChI=1S/C21H28O4/c1-19-8-5-14(23)11-13(19)3-4-15-16(19)6-9-20(2)17(15)7-10-21(20,25)18(24)12-22/h3-4,11,15-17,22,25H,5-10,12H2,1-2H3. The number of Topliss-reactive ketones (excluding diaryl/α,β-unsaturated/α-hetero) is 1. The molecule has 0 saturated heterocycles. The van der Waals surface area contributed by atoms with E-state index in [1.54, 1.807) is 0 Å². The van der Waals surface area contributed by atoms with Crippen LogP contribution in [0.1, 0.15) is 52.4 Å². The first-order valence-electron chi connectivity index (χ1n) is 9.56. The number of hydrogen-bond acceptors (Lipinski definition) is 4. The lowest BCUT2D eigenvalue weighted by Gasteiger charge is -2.56. The Balaban J connectivity index is 1.73. The zero-order chi connectivity index (χ0) is 18.0. The molecule has 6 unspecified atom stereocenters. The number of aliphatic hydroxyl groups is 2. The zero-order valence-corrected chi connectivity index (χ0v) is 15.1. The van der Waals surface area contributed by atoms with Crippen molar-refractivity contribution in [2.24, 2.45) is 28.6 Å². The molecule has 0 aliphatic heterocycles. The summed E-state index contributed by atoms with van der Waals surface area (Å²) in [4.78, 5) is 24.2. The van der Waals surface area contributed by atoms with Crippen LogP contribution in [-0.2, 0) is 9.59 Å². The van der Waals surface area contributed by atoms with E-state index in [0.717, 1.165) is 31.3 Å². The maximum Gasteiger partial charge on any atom is 0.190 e. The summed E-state index contributed by atoms with van der Waals surface area (Å²) in [7, 11) is 0. The molecule has 0 spiro atoms. The van der Waals surface area contributed by atoms with E-state index in [-0.39, 0.29) is 17.1 Å². The maximum atomic E-state index is 12.3. The summed E-state index contributed by atoms with van der Waals surface area (Å²) >= 11 is 0. The summed E-state index contributed by atoms with van der Waals surface area (Å²) in [5, 5.41) is 20.5. The van der Waals surface area contributed by atoms with Crippen LogP contribution in [0.5, 0.6) is 0 Å². The Morgan fingerprint density at radius 2 is 1.92 bits per heavy atom. The average molecular weight is 344 g/mol. The molecule has 0 aromatic heterocycles. The summed E-state index contributed by atoms with van der Waals surface area (Å²) < 4.78 is 0. The van der Waals surface area contributed by atoms with Crippen molar-refractivity contribution < 1.29 is 19.8 Å². The van der Waals surface area contributed by atoms with Crippen molar-refractivity contribution >= 4 is 11.6 Å². The number of fused-ring (bicyclic) bond motifs is 5. The van der Waals surface area contributed by atoms with Gasteiger partial charge in [0.05, 0.1) is 0 Å². The molecule has 4 aliphatic rings. The van der Waals surface area contributed by atoms with Crippen molar-refractivity contribution in [1.29, 1.82) is 0 Å². The first-order valence-corrected chi connectivity index (χ1v) is 9.56. The highest BCUT2D eigenvalue weighted by Gasteiger charge is 2.65. The SMILES string of the molecule is CC12CCC(=O)C=C1C=CC1C2CCC2(C)C1CCC2(O)C(=O)CO. The first-order chi connectivity index (χ1) is 11.8. The van der Waals surface area contributed by atoms with E-state index in [1.807, 2.05) is 13.0 Å². The van der Waals surface area contributed by atoms with Gasteiger partial charge >= 0.3 is 0 Å². The Labute approximate surface area is 149 Å². The number of ketones is 2. The zero-order valence-electron chi connectivity index (χ0n) is 15.1. The van der Waals surface area contributed by atoms with Gasteiger partial charge in [0.15, 0.2) is 11.6 Å². The predicted molar refractivity (Wildman–Crippen MR) is 93.7 cm³/mol. The van der Waals surface area contributed by atoms with Crippen LogP contribution >= 0.6 is 0 Å². The van der Waals surface area contributed by atoms with Gasteiger partial charge in [-0.15, -0.1) is 0 Å². The molecule has 4 nitrogen and oxygen atoms in total. The van der Waals surface area contributed by atoms with Crippen molar-refractivity contribution in [1.82, 2.24) is 0 Å². The minimum atomic E-state index is -1.40. The van der Waals surface area contributed by atoms with Crippen LogP contribution in [0.4, 0.5) is 0 Å². The molecule has 0 bridgehead atoms. The number of rotatable bonds is 2. The third-order valence-corrected chi connectivity index (χ3v) is 8.27. The van der Waals surface area contributed by atoms with Gasteiger partial charge in [-0.2, -0.15) is 0 Å². The Morgan fingerprint density at radius 1 is 1.20 bits per heavy atom. The number of aliphatic hydroxyl groups excluding tert-OH is 1. The van der Waals surface area contributed by atoms with Crippen molar-refractivity contribution in [3.8, 4) is 0 Å². The van der Waals surface area contributed by atoms with Gasteiger partial charge < -0.3 is 10.2 Å². The van der Waals surface area contributed by atoms with Crippen molar-refractivity contribution in [3.05, 3.63) is 23.8 Å². The smallest absolute Gasteiger partial charge is 0.190 e. The second-order valence-corrected chi connectivity index (χ2v) is 9.07. The molecular weight excluding hydrogens is 316 g/mol. The fraction of sp³-hybridized carbons (Fsp3) is 0.714. The summed E-state index contributed by atoms with van der Waals surface area (Å²) in [6.07, 6.45) is 10.7. The predicted octanol–water partition coefficient (Wildman–Crippen LogP) is 2.59. The Morgan fingerprint density at radius 3 is 2.64 bits per heavy atom. The minimum absolute atomic E-state index is 0.0242. The molecule has 0 aromatic carbocycles. The molecule has 2 N–H and O–H groups in total. The lowest BCUT2D eigenvalue weighted by atomic mass is 9.48. The summed E-state index contributed by atoms with van der Waals surface area (Å²) in [6.45, 7) is 3.74. The van der Waals surface area contributed by atoms with Gasteiger partial charge in [0.25, 0.3) is 0 Å². The molecule has 0 aromatic rings. The molecule has 0 heterocycles. The van der Waals surface area contributed by atoms with Crippen LogP contribution in [0, 0.1) is 28.6 Å². The van der Waals surface area contributed by atoms with Gasteiger partial charge in [0.1, 0.15) is 12.2 Å². The van der Waals surface area contributed by atoms with Crippen molar-refractivity contribution in [2.75, 3.05) is 6.61 Å². The molecule has 4 heteroatoms. The average Bonchev–Trinajstić information content (AvgIpc) is 2.87. The third-order valence-electron chi connectivity index (χ3n) is 8.27. The van der Waals surface area contributed by atoms with Crippen LogP contribution in [0.25, 0.3) is 0 Å². The molecule has 136 valence electrons. The van der Waals surface area contributed by atoms with Crippen LogP contribution in [0.2, 0.25) is 0 Å². The highest BCUT2D eigenvalue weighted by atomic mass is 16.3. The Kier molecular flexibility index (Phi) is 3.69. The summed E-state index contributed by atoms with van der Waals surface area (Å²) in [6, 6.07) is 0. The molecule has 0 radical (unpaired) electrons. The molecule has 2 saturated carbocycles. The van der Waals surface area contributed by atoms with Crippen LogP contribution < -0.4 is 0 Å². The van der Waals surface area contributed by atoms with Crippen LogP contribution in [0.15, 0.2) is 23.8 Å². The fourth-order valence-electron chi connectivity index (χ4n) is 6.60. The summed E-state index contributed by atoms with van der Waals surface area (Å²) in [5.74, 6) is 0.834. The van der Waals surface area contributed by atoms with Crippen molar-refractivity contribution in [2.45, 2.75) is 58.0 Å². The monoisotopic (exact) mass is 344 g/mol. The van der Waals surface area contributed by atoms with E-state index < -0.39 is 23.4 Å². The van der Waals surface area contributed by atoms with E-state index >= 15 is 0 Å². The van der Waals surface area contributed by atoms with Gasteiger partial charge in [-0.3, -0.25) is 9.59 Å². The minimum Gasteiger partial charge on any atom is -0.388 e. The third kappa shape index (κ3) is 2.07. The molecule has 6 atom stereocenters. The molecule has 2 fully saturated rings. The second kappa shape index (κ2) is 5.37. The van der Waals surface area contributed by atoms with Crippen molar-refractivity contribution in [3.63, 3.8) is 0 Å². The van der Waals surface area contributed by atoms with E-state index in [1.165, 1.54) is 0 Å². The van der Waals surface area contributed by atoms with Crippen LogP contribution in [-0.4, -0.2) is 34.0 Å². The van der Waals surface area contributed by atoms with Gasteiger partial charge in [0, 0.05) is 11.8 Å².